The van der Waals surface area contributed by atoms with Crippen LogP contribution in [0.5, 0.6) is 0 Å². The van der Waals surface area contributed by atoms with Gasteiger partial charge < -0.3 is 4.57 Å². The maximum Gasteiger partial charge on any atom is 0.165 e. The van der Waals surface area contributed by atoms with Crippen molar-refractivity contribution >= 4 is 96.9 Å². The molecule has 5 heteroatoms. The third kappa shape index (κ3) is 4.11. The zero-order valence-electron chi connectivity index (χ0n) is 28.4. The molecule has 0 aliphatic heterocycles. The molecular formula is C48H28N4S. The number of para-hydroxylation sites is 4. The van der Waals surface area contributed by atoms with Crippen LogP contribution in [0.25, 0.3) is 108 Å². The maximum atomic E-state index is 5.46. The molecule has 0 fully saturated rings. The minimum absolute atomic E-state index is 0.822. The number of fused-ring (bicyclic) bond motifs is 12. The van der Waals surface area contributed by atoms with Gasteiger partial charge in [-0.1, -0.05) is 103 Å². The molecule has 8 aromatic carbocycles. The van der Waals surface area contributed by atoms with Gasteiger partial charge in [0, 0.05) is 53.0 Å². The summed E-state index contributed by atoms with van der Waals surface area (Å²) < 4.78 is 7.31. The number of hydrogen-bond donors (Lipinski definition) is 0. The van der Waals surface area contributed by atoms with E-state index >= 15 is 0 Å². The quantitative estimate of drug-likeness (QED) is 0.185. The second-order valence-corrected chi connectivity index (χ2v) is 14.9. The third-order valence-electron chi connectivity index (χ3n) is 10.9. The number of thiophene rings is 1. The molecule has 12 aromatic rings. The van der Waals surface area contributed by atoms with Gasteiger partial charge in [0.05, 0.1) is 33.1 Å². The van der Waals surface area contributed by atoms with E-state index in [1.165, 1.54) is 63.5 Å². The normalized spacial score (nSPS) is 12.2. The van der Waals surface area contributed by atoms with Crippen molar-refractivity contribution in [2.24, 2.45) is 0 Å². The van der Waals surface area contributed by atoms with E-state index in [9.17, 15) is 0 Å². The summed E-state index contributed by atoms with van der Waals surface area (Å²) in [6, 6.07) is 61.2. The lowest BCUT2D eigenvalue weighted by Gasteiger charge is -2.14. The van der Waals surface area contributed by atoms with Gasteiger partial charge in [-0.15, -0.1) is 11.3 Å². The van der Waals surface area contributed by atoms with Gasteiger partial charge in [-0.3, -0.25) is 4.57 Å². The fraction of sp³-hybridized carbons (Fsp3) is 0. The number of hydrogen-bond acceptors (Lipinski definition) is 3. The number of aromatic nitrogens is 4. The second-order valence-electron chi connectivity index (χ2n) is 13.8. The van der Waals surface area contributed by atoms with Crippen molar-refractivity contribution in [3.8, 4) is 22.8 Å². The van der Waals surface area contributed by atoms with Crippen molar-refractivity contribution in [3.63, 3.8) is 0 Å². The first-order valence-electron chi connectivity index (χ1n) is 17.9. The highest BCUT2D eigenvalue weighted by molar-refractivity contribution is 7.25. The summed E-state index contributed by atoms with van der Waals surface area (Å²) >= 11 is 1.83. The highest BCUT2D eigenvalue weighted by Crippen LogP contribution is 2.42. The molecule has 0 aliphatic carbocycles. The molecule has 0 aliphatic rings. The maximum absolute atomic E-state index is 5.46. The minimum atomic E-state index is 0.822. The van der Waals surface area contributed by atoms with Gasteiger partial charge in [-0.2, -0.15) is 0 Å². The molecule has 0 radical (unpaired) electrons. The Hall–Kier alpha value is -6.82. The Balaban J connectivity index is 1.20. The van der Waals surface area contributed by atoms with Crippen LogP contribution >= 0.6 is 11.3 Å². The van der Waals surface area contributed by atoms with Crippen LogP contribution in [0.1, 0.15) is 0 Å². The van der Waals surface area contributed by atoms with Gasteiger partial charge in [0.1, 0.15) is 5.69 Å². The smallest absolute Gasteiger partial charge is 0.165 e. The zero-order valence-corrected chi connectivity index (χ0v) is 29.2. The molecule has 53 heavy (non-hydrogen) atoms. The van der Waals surface area contributed by atoms with E-state index in [4.69, 9.17) is 9.97 Å². The molecule has 4 aromatic heterocycles. The second kappa shape index (κ2) is 10.8. The van der Waals surface area contributed by atoms with E-state index < -0.39 is 0 Å². The summed E-state index contributed by atoms with van der Waals surface area (Å²) in [6.07, 6.45) is 0. The average Bonchev–Trinajstić information content (AvgIpc) is 3.87. The summed E-state index contributed by atoms with van der Waals surface area (Å²) in [5.41, 5.74) is 9.36. The van der Waals surface area contributed by atoms with E-state index in [1.807, 2.05) is 23.5 Å². The van der Waals surface area contributed by atoms with Gasteiger partial charge in [-0.05, 0) is 77.5 Å². The summed E-state index contributed by atoms with van der Waals surface area (Å²) in [4.78, 5) is 10.8. The molecule has 12 rings (SSSR count). The van der Waals surface area contributed by atoms with Gasteiger partial charge >= 0.3 is 0 Å². The van der Waals surface area contributed by atoms with Crippen molar-refractivity contribution in [3.05, 3.63) is 170 Å². The van der Waals surface area contributed by atoms with Crippen molar-refractivity contribution in [1.29, 1.82) is 0 Å². The van der Waals surface area contributed by atoms with E-state index in [0.29, 0.717) is 0 Å². The molecule has 0 spiro atoms. The topological polar surface area (TPSA) is 35.6 Å². The zero-order chi connectivity index (χ0) is 34.6. The summed E-state index contributed by atoms with van der Waals surface area (Å²) in [7, 11) is 0. The van der Waals surface area contributed by atoms with Crippen molar-refractivity contribution in [1.82, 2.24) is 19.1 Å². The Morgan fingerprint density at radius 1 is 0.396 bits per heavy atom. The number of nitrogens with zero attached hydrogens (tertiary/aromatic N) is 4. The number of benzene rings is 8. The van der Waals surface area contributed by atoms with Gasteiger partial charge in [0.15, 0.2) is 5.82 Å². The molecular weight excluding hydrogens is 665 g/mol. The first kappa shape index (κ1) is 28.8. The molecule has 246 valence electrons. The van der Waals surface area contributed by atoms with Gasteiger partial charge in [0.2, 0.25) is 0 Å². The van der Waals surface area contributed by atoms with Crippen LogP contribution in [-0.2, 0) is 0 Å². The largest absolute Gasteiger partial charge is 0.309 e. The standard InChI is InChI=1S/C48H28N4S/c1-2-12-32-29(11-1)21-24-43-46(32)37-28-31(51-40-18-8-3-13-33(40)34-14-4-9-19-41(34)51)23-25-42(37)52(43)48-47(49-38-16-6-7-17-39(38)50-48)30-22-26-45-36(27-30)35-15-5-10-20-44(35)53-45/h1-28H. The molecule has 0 amide bonds. The van der Waals surface area contributed by atoms with Crippen molar-refractivity contribution < 1.29 is 0 Å². The molecule has 0 bridgehead atoms. The summed E-state index contributed by atoms with van der Waals surface area (Å²) in [6.45, 7) is 0. The van der Waals surface area contributed by atoms with Crippen LogP contribution in [-0.4, -0.2) is 19.1 Å². The minimum Gasteiger partial charge on any atom is -0.309 e. The first-order chi connectivity index (χ1) is 26.3. The predicted octanol–water partition coefficient (Wildman–Crippen LogP) is 13.0. The highest BCUT2D eigenvalue weighted by atomic mass is 32.1. The Morgan fingerprint density at radius 2 is 1.02 bits per heavy atom. The highest BCUT2D eigenvalue weighted by Gasteiger charge is 2.22. The molecule has 0 unspecified atom stereocenters. The summed E-state index contributed by atoms with van der Waals surface area (Å²) in [5.74, 6) is 0.822. The summed E-state index contributed by atoms with van der Waals surface area (Å²) in [5, 5.41) is 9.83. The van der Waals surface area contributed by atoms with Crippen LogP contribution in [0.4, 0.5) is 0 Å². The first-order valence-corrected chi connectivity index (χ1v) is 18.7. The number of rotatable bonds is 3. The van der Waals surface area contributed by atoms with Gasteiger partial charge in [0.25, 0.3) is 0 Å². The van der Waals surface area contributed by atoms with Crippen molar-refractivity contribution in [2.45, 2.75) is 0 Å². The van der Waals surface area contributed by atoms with Crippen LogP contribution in [0, 0.1) is 0 Å². The molecule has 4 nitrogen and oxygen atoms in total. The fourth-order valence-electron chi connectivity index (χ4n) is 8.56. The van der Waals surface area contributed by atoms with Gasteiger partial charge in [-0.25, -0.2) is 9.97 Å². The monoisotopic (exact) mass is 692 g/mol. The lowest BCUT2D eigenvalue weighted by Crippen LogP contribution is -2.04. The Labute approximate surface area is 307 Å². The molecule has 0 saturated heterocycles. The molecule has 0 atom stereocenters. The average molecular weight is 693 g/mol. The van der Waals surface area contributed by atoms with E-state index in [0.717, 1.165) is 44.8 Å². The van der Waals surface area contributed by atoms with Crippen LogP contribution < -0.4 is 0 Å². The van der Waals surface area contributed by atoms with Crippen LogP contribution in [0.2, 0.25) is 0 Å². The Morgan fingerprint density at radius 3 is 1.83 bits per heavy atom. The molecule has 4 heterocycles. The predicted molar refractivity (Wildman–Crippen MR) is 224 cm³/mol. The Bertz CT molecular complexity index is 3420. The third-order valence-corrected chi connectivity index (χ3v) is 12.0. The van der Waals surface area contributed by atoms with E-state index in [-0.39, 0.29) is 0 Å². The fourth-order valence-corrected chi connectivity index (χ4v) is 9.65. The van der Waals surface area contributed by atoms with E-state index in [2.05, 4.69) is 167 Å². The van der Waals surface area contributed by atoms with Crippen LogP contribution in [0.15, 0.2) is 170 Å². The molecule has 0 N–H and O–H groups in total. The SMILES string of the molecule is c1ccc2c(c1)ccc1c2c2cc(-n3c4ccccc4c4ccccc43)ccc2n1-c1nc2ccccc2nc1-c1ccc2sc3ccccc3c2c1. The van der Waals surface area contributed by atoms with Crippen molar-refractivity contribution in [2.75, 3.05) is 0 Å². The Kier molecular flexibility index (Phi) is 5.90. The van der Waals surface area contributed by atoms with E-state index in [1.54, 1.807) is 0 Å². The lowest BCUT2D eigenvalue weighted by molar-refractivity contribution is 1.08. The lowest BCUT2D eigenvalue weighted by atomic mass is 10.0. The molecule has 0 saturated carbocycles. The van der Waals surface area contributed by atoms with Crippen LogP contribution in [0.3, 0.4) is 0 Å².